The van der Waals surface area contributed by atoms with Gasteiger partial charge < -0.3 is 5.32 Å². The molecule has 0 heterocycles. The fourth-order valence-electron chi connectivity index (χ4n) is 1.75. The van der Waals surface area contributed by atoms with Gasteiger partial charge in [-0.05, 0) is 57.4 Å². The van der Waals surface area contributed by atoms with Gasteiger partial charge in [-0.1, -0.05) is 18.2 Å². The van der Waals surface area contributed by atoms with E-state index in [-0.39, 0.29) is 0 Å². The Kier molecular flexibility index (Phi) is 4.15. The maximum atomic E-state index is 3.27. The minimum Gasteiger partial charge on any atom is -0.317 e. The summed E-state index contributed by atoms with van der Waals surface area (Å²) in [5, 5.41) is 3.27. The van der Waals surface area contributed by atoms with Gasteiger partial charge in [-0.25, -0.2) is 0 Å². The lowest BCUT2D eigenvalue weighted by atomic mass is 9.97. The van der Waals surface area contributed by atoms with Gasteiger partial charge in [0.2, 0.25) is 0 Å². The van der Waals surface area contributed by atoms with Crippen molar-refractivity contribution in [3.8, 4) is 0 Å². The molecule has 1 aromatic carbocycles. The van der Waals surface area contributed by atoms with Crippen molar-refractivity contribution < 1.29 is 0 Å². The normalized spacial score (nSPS) is 12.9. The van der Waals surface area contributed by atoms with Crippen LogP contribution in [0, 0.1) is 13.8 Å². The summed E-state index contributed by atoms with van der Waals surface area (Å²) in [7, 11) is 2.02. The molecule has 14 heavy (non-hydrogen) atoms. The number of nitrogens with one attached hydrogen (secondary N) is 1. The van der Waals surface area contributed by atoms with E-state index < -0.39 is 0 Å². The maximum absolute atomic E-state index is 3.27. The van der Waals surface area contributed by atoms with Crippen LogP contribution < -0.4 is 5.32 Å². The Balaban J connectivity index is 2.66. The highest BCUT2D eigenvalue weighted by atomic mass is 14.8. The van der Waals surface area contributed by atoms with E-state index in [0.717, 1.165) is 0 Å². The van der Waals surface area contributed by atoms with Crippen LogP contribution in [0.2, 0.25) is 0 Å². The second-order valence-corrected chi connectivity index (χ2v) is 4.10. The van der Waals surface area contributed by atoms with Crippen LogP contribution in [0.15, 0.2) is 18.2 Å². The molecular weight excluding hydrogens is 170 g/mol. The largest absolute Gasteiger partial charge is 0.317 e. The van der Waals surface area contributed by atoms with Crippen molar-refractivity contribution >= 4 is 0 Å². The highest BCUT2D eigenvalue weighted by molar-refractivity contribution is 5.33. The first-order valence-electron chi connectivity index (χ1n) is 5.37. The summed E-state index contributed by atoms with van der Waals surface area (Å²) in [6, 6.07) is 7.14. The van der Waals surface area contributed by atoms with Crippen LogP contribution in [-0.2, 0) is 6.42 Å². The van der Waals surface area contributed by atoms with Crippen LogP contribution in [0.3, 0.4) is 0 Å². The van der Waals surface area contributed by atoms with Crippen molar-refractivity contribution in [2.75, 3.05) is 7.05 Å². The molecule has 1 unspecified atom stereocenters. The van der Waals surface area contributed by atoms with Gasteiger partial charge in [0, 0.05) is 6.04 Å². The van der Waals surface area contributed by atoms with E-state index >= 15 is 0 Å². The molecule has 0 aliphatic carbocycles. The third-order valence-electron chi connectivity index (χ3n) is 2.96. The maximum Gasteiger partial charge on any atom is 0.00388 e. The molecule has 78 valence electrons. The van der Waals surface area contributed by atoms with Gasteiger partial charge in [0.1, 0.15) is 0 Å². The second kappa shape index (κ2) is 5.16. The Bertz CT molecular complexity index is 271. The Labute approximate surface area is 87.5 Å². The SMILES string of the molecule is CNC(C)CCc1c(C)cccc1C. The Morgan fingerprint density at radius 2 is 1.79 bits per heavy atom. The van der Waals surface area contributed by atoms with Gasteiger partial charge in [-0.3, -0.25) is 0 Å². The molecular formula is C13H21N. The van der Waals surface area contributed by atoms with Crippen molar-refractivity contribution in [1.29, 1.82) is 0 Å². The molecule has 0 fully saturated rings. The molecule has 0 aliphatic heterocycles. The van der Waals surface area contributed by atoms with Crippen molar-refractivity contribution in [3.05, 3.63) is 34.9 Å². The van der Waals surface area contributed by atoms with E-state index in [1.807, 2.05) is 7.05 Å². The van der Waals surface area contributed by atoms with E-state index in [9.17, 15) is 0 Å². The average Bonchev–Trinajstić information content (AvgIpc) is 2.16. The summed E-state index contributed by atoms with van der Waals surface area (Å²) < 4.78 is 0. The first-order chi connectivity index (χ1) is 6.65. The predicted octanol–water partition coefficient (Wildman–Crippen LogP) is 2.84. The van der Waals surface area contributed by atoms with Crippen molar-refractivity contribution in [1.82, 2.24) is 5.32 Å². The van der Waals surface area contributed by atoms with Crippen LogP contribution in [0.5, 0.6) is 0 Å². The molecule has 0 aromatic heterocycles. The molecule has 0 aliphatic rings. The molecule has 1 nitrogen and oxygen atoms in total. The molecule has 1 N–H and O–H groups in total. The van der Waals surface area contributed by atoms with Gasteiger partial charge >= 0.3 is 0 Å². The summed E-state index contributed by atoms with van der Waals surface area (Å²) in [5.74, 6) is 0. The van der Waals surface area contributed by atoms with E-state index in [2.05, 4.69) is 44.3 Å². The highest BCUT2D eigenvalue weighted by Crippen LogP contribution is 2.15. The summed E-state index contributed by atoms with van der Waals surface area (Å²) in [6.45, 7) is 6.63. The smallest absolute Gasteiger partial charge is 0.00388 e. The van der Waals surface area contributed by atoms with E-state index in [0.29, 0.717) is 6.04 Å². The molecule has 0 spiro atoms. The Hall–Kier alpha value is -0.820. The fourth-order valence-corrected chi connectivity index (χ4v) is 1.75. The van der Waals surface area contributed by atoms with Crippen molar-refractivity contribution in [3.63, 3.8) is 0 Å². The molecule has 0 saturated carbocycles. The lowest BCUT2D eigenvalue weighted by Crippen LogP contribution is -2.21. The van der Waals surface area contributed by atoms with Crippen LogP contribution in [0.1, 0.15) is 30.0 Å². The standard InChI is InChI=1S/C13H21N/c1-10-6-5-7-11(2)13(10)9-8-12(3)14-4/h5-7,12,14H,8-9H2,1-4H3. The molecule has 0 saturated heterocycles. The van der Waals surface area contributed by atoms with Crippen LogP contribution in [0.25, 0.3) is 0 Å². The topological polar surface area (TPSA) is 12.0 Å². The number of aryl methyl sites for hydroxylation is 2. The summed E-state index contributed by atoms with van der Waals surface area (Å²) >= 11 is 0. The lowest BCUT2D eigenvalue weighted by Gasteiger charge is -2.13. The van der Waals surface area contributed by atoms with Gasteiger partial charge in [-0.15, -0.1) is 0 Å². The molecule has 1 heteroatoms. The van der Waals surface area contributed by atoms with Crippen LogP contribution in [0.4, 0.5) is 0 Å². The second-order valence-electron chi connectivity index (χ2n) is 4.10. The zero-order valence-electron chi connectivity index (χ0n) is 9.72. The third kappa shape index (κ3) is 2.85. The lowest BCUT2D eigenvalue weighted by molar-refractivity contribution is 0.564. The summed E-state index contributed by atoms with van der Waals surface area (Å²) in [6.07, 6.45) is 2.39. The highest BCUT2D eigenvalue weighted by Gasteiger charge is 2.04. The quantitative estimate of drug-likeness (QED) is 0.771. The van der Waals surface area contributed by atoms with Crippen molar-refractivity contribution in [2.45, 2.75) is 39.7 Å². The number of rotatable bonds is 4. The molecule has 1 atom stereocenters. The zero-order valence-corrected chi connectivity index (χ0v) is 9.72. The average molecular weight is 191 g/mol. The minimum atomic E-state index is 0.606. The number of benzene rings is 1. The molecule has 1 aromatic rings. The molecule has 0 amide bonds. The van der Waals surface area contributed by atoms with Crippen molar-refractivity contribution in [2.24, 2.45) is 0 Å². The number of hydrogen-bond donors (Lipinski definition) is 1. The monoisotopic (exact) mass is 191 g/mol. The molecule has 1 rings (SSSR count). The van der Waals surface area contributed by atoms with E-state index in [1.54, 1.807) is 0 Å². The minimum absolute atomic E-state index is 0.606. The van der Waals surface area contributed by atoms with Crippen LogP contribution in [-0.4, -0.2) is 13.1 Å². The first kappa shape index (κ1) is 11.3. The fraction of sp³-hybridized carbons (Fsp3) is 0.538. The summed E-state index contributed by atoms with van der Waals surface area (Å²) in [4.78, 5) is 0. The third-order valence-corrected chi connectivity index (χ3v) is 2.96. The van der Waals surface area contributed by atoms with E-state index in [1.165, 1.54) is 29.5 Å². The first-order valence-corrected chi connectivity index (χ1v) is 5.37. The predicted molar refractivity (Wildman–Crippen MR) is 62.8 cm³/mol. The summed E-state index contributed by atoms with van der Waals surface area (Å²) in [5.41, 5.74) is 4.37. The number of hydrogen-bond acceptors (Lipinski definition) is 1. The van der Waals surface area contributed by atoms with Gasteiger partial charge in [-0.2, -0.15) is 0 Å². The molecule has 0 bridgehead atoms. The Morgan fingerprint density at radius 3 is 2.29 bits per heavy atom. The molecule has 0 radical (unpaired) electrons. The van der Waals surface area contributed by atoms with E-state index in [4.69, 9.17) is 0 Å². The van der Waals surface area contributed by atoms with Gasteiger partial charge in [0.15, 0.2) is 0 Å². The van der Waals surface area contributed by atoms with Gasteiger partial charge in [0.05, 0.1) is 0 Å². The van der Waals surface area contributed by atoms with Gasteiger partial charge in [0.25, 0.3) is 0 Å². The Morgan fingerprint density at radius 1 is 1.21 bits per heavy atom. The van der Waals surface area contributed by atoms with Crippen LogP contribution >= 0.6 is 0 Å². The zero-order chi connectivity index (χ0) is 10.6.